The molecule has 1 atom stereocenters. The van der Waals surface area contributed by atoms with E-state index in [1.807, 2.05) is 23.9 Å². The Bertz CT molecular complexity index is 777. The molecule has 1 aromatic heterocycles. The normalized spacial score (nSPS) is 20.6. The molecule has 0 aliphatic carbocycles. The number of rotatable bonds is 4. The summed E-state index contributed by atoms with van der Waals surface area (Å²) in [6.07, 6.45) is 10.6. The van der Waals surface area contributed by atoms with E-state index >= 15 is 0 Å². The summed E-state index contributed by atoms with van der Waals surface area (Å²) in [4.78, 5) is 8.89. The molecule has 0 fully saturated rings. The van der Waals surface area contributed by atoms with Gasteiger partial charge < -0.3 is 9.83 Å². The Balaban J connectivity index is 1.74. The largest absolute Gasteiger partial charge is 0.446 e. The predicted octanol–water partition coefficient (Wildman–Crippen LogP) is 3.72. The van der Waals surface area contributed by atoms with Gasteiger partial charge >= 0.3 is 0 Å². The van der Waals surface area contributed by atoms with Gasteiger partial charge in [0.15, 0.2) is 5.70 Å². The molecule has 6 nitrogen and oxygen atoms in total. The zero-order chi connectivity index (χ0) is 16.4. The highest BCUT2D eigenvalue weighted by Crippen LogP contribution is 2.26. The van der Waals surface area contributed by atoms with Gasteiger partial charge in [0.1, 0.15) is 5.70 Å². The second-order valence-electron chi connectivity index (χ2n) is 6.29. The minimum Gasteiger partial charge on any atom is -0.446 e. The van der Waals surface area contributed by atoms with Gasteiger partial charge in [-0.15, -0.1) is 4.70 Å². The van der Waals surface area contributed by atoms with Crippen molar-refractivity contribution in [3.05, 3.63) is 41.4 Å². The molecule has 6 heteroatoms. The molecule has 1 unspecified atom stereocenters. The number of nitrogens with zero attached hydrogens (tertiary/aromatic N) is 4. The van der Waals surface area contributed by atoms with E-state index < -0.39 is 0 Å². The SMILES string of the molecule is CC(C=Nc1occc1C=N)[N+]1=NC2=C(C1)N=CC(C)(C)C=C2. The molecule has 1 aromatic rings. The molecule has 0 spiro atoms. The summed E-state index contributed by atoms with van der Waals surface area (Å²) in [6.45, 7) is 6.91. The predicted molar refractivity (Wildman–Crippen MR) is 90.2 cm³/mol. The van der Waals surface area contributed by atoms with Crippen molar-refractivity contribution in [1.82, 2.24) is 0 Å². The molecule has 118 valence electrons. The molecular weight excluding hydrogens is 290 g/mol. The van der Waals surface area contributed by atoms with Crippen LogP contribution in [0.5, 0.6) is 0 Å². The topological polar surface area (TPSA) is 77.1 Å². The van der Waals surface area contributed by atoms with Crippen molar-refractivity contribution < 1.29 is 9.11 Å². The maximum atomic E-state index is 7.30. The summed E-state index contributed by atoms with van der Waals surface area (Å²) in [5, 5.41) is 11.9. The van der Waals surface area contributed by atoms with E-state index in [2.05, 4.69) is 35.0 Å². The molecule has 0 aromatic carbocycles. The lowest BCUT2D eigenvalue weighted by Gasteiger charge is -2.11. The first-order valence-corrected chi connectivity index (χ1v) is 7.56. The van der Waals surface area contributed by atoms with Crippen molar-refractivity contribution in [2.45, 2.75) is 26.8 Å². The molecule has 0 saturated heterocycles. The second kappa shape index (κ2) is 5.87. The fourth-order valence-electron chi connectivity index (χ4n) is 2.30. The molecule has 0 amide bonds. The Hall–Kier alpha value is -2.63. The van der Waals surface area contributed by atoms with E-state index in [1.165, 1.54) is 12.5 Å². The minimum absolute atomic E-state index is 0.00206. The first kappa shape index (κ1) is 15.3. The van der Waals surface area contributed by atoms with E-state index in [0.717, 1.165) is 11.4 Å². The van der Waals surface area contributed by atoms with Gasteiger partial charge in [-0.25, -0.2) is 4.99 Å². The van der Waals surface area contributed by atoms with Crippen LogP contribution in [0.1, 0.15) is 26.3 Å². The smallest absolute Gasteiger partial charge is 0.227 e. The summed E-state index contributed by atoms with van der Waals surface area (Å²) in [5.74, 6) is 0.445. The molecule has 2 aliphatic heterocycles. The Morgan fingerprint density at radius 1 is 1.48 bits per heavy atom. The van der Waals surface area contributed by atoms with Crippen LogP contribution in [0, 0.1) is 10.8 Å². The molecule has 0 bridgehead atoms. The summed E-state index contributed by atoms with van der Waals surface area (Å²) >= 11 is 0. The van der Waals surface area contributed by atoms with Crippen LogP contribution in [-0.2, 0) is 0 Å². The molecule has 0 saturated carbocycles. The van der Waals surface area contributed by atoms with Crippen LogP contribution in [0.3, 0.4) is 0 Å². The number of azo groups is 2. The van der Waals surface area contributed by atoms with Crippen LogP contribution in [0.25, 0.3) is 0 Å². The Kier molecular flexibility index (Phi) is 3.90. The van der Waals surface area contributed by atoms with Gasteiger partial charge in [-0.2, -0.15) is 0 Å². The lowest BCUT2D eigenvalue weighted by Crippen LogP contribution is -2.22. The number of hydrogen-bond donors (Lipinski definition) is 1. The van der Waals surface area contributed by atoms with Gasteiger partial charge in [0.25, 0.3) is 0 Å². The van der Waals surface area contributed by atoms with Crippen molar-refractivity contribution in [1.29, 1.82) is 5.41 Å². The van der Waals surface area contributed by atoms with E-state index in [-0.39, 0.29) is 11.5 Å². The summed E-state index contributed by atoms with van der Waals surface area (Å²) < 4.78 is 7.20. The monoisotopic (exact) mass is 310 g/mol. The molecule has 2 aliphatic rings. The molecule has 3 rings (SSSR count). The Morgan fingerprint density at radius 3 is 3.09 bits per heavy atom. The third-order valence-corrected chi connectivity index (χ3v) is 3.77. The van der Waals surface area contributed by atoms with Gasteiger partial charge in [0, 0.05) is 24.8 Å². The third-order valence-electron chi connectivity index (χ3n) is 3.77. The summed E-state index contributed by atoms with van der Waals surface area (Å²) in [5.41, 5.74) is 2.51. The number of nitrogens with one attached hydrogen (secondary N) is 1. The maximum Gasteiger partial charge on any atom is 0.227 e. The van der Waals surface area contributed by atoms with Crippen LogP contribution in [0.2, 0.25) is 0 Å². The Labute approximate surface area is 135 Å². The van der Waals surface area contributed by atoms with Crippen molar-refractivity contribution >= 4 is 24.5 Å². The quantitative estimate of drug-likeness (QED) is 0.667. The molecule has 3 heterocycles. The standard InChI is InChI=1S/C17H20N5O/c1-12(9-19-16-13(8-18)5-7-23-16)22-10-15-14(21-22)4-6-17(2,3)11-20-15/h4-9,11-12,18H,10H2,1-3H3/q+1. The number of hydrogen-bond acceptors (Lipinski definition) is 5. The number of aliphatic imine (C=N–C) groups is 2. The average molecular weight is 310 g/mol. The van der Waals surface area contributed by atoms with Gasteiger partial charge in [-0.3, -0.25) is 4.99 Å². The number of furan rings is 1. The van der Waals surface area contributed by atoms with Gasteiger partial charge in [0.05, 0.1) is 18.0 Å². The maximum absolute atomic E-state index is 7.30. The van der Waals surface area contributed by atoms with Crippen LogP contribution in [-0.4, -0.2) is 35.9 Å². The number of allylic oxidation sites excluding steroid dienone is 2. The van der Waals surface area contributed by atoms with Crippen LogP contribution in [0.4, 0.5) is 5.88 Å². The molecule has 23 heavy (non-hydrogen) atoms. The Morgan fingerprint density at radius 2 is 2.30 bits per heavy atom. The zero-order valence-electron chi connectivity index (χ0n) is 13.5. The highest BCUT2D eigenvalue weighted by atomic mass is 16.3. The van der Waals surface area contributed by atoms with Gasteiger partial charge in [-0.1, -0.05) is 19.9 Å². The highest BCUT2D eigenvalue weighted by Gasteiger charge is 2.29. The third kappa shape index (κ3) is 3.26. The fourth-order valence-corrected chi connectivity index (χ4v) is 2.30. The summed E-state index contributed by atoms with van der Waals surface area (Å²) in [6, 6.07) is 1.72. The second-order valence-corrected chi connectivity index (χ2v) is 6.29. The van der Waals surface area contributed by atoms with E-state index in [0.29, 0.717) is 18.0 Å². The zero-order valence-corrected chi connectivity index (χ0v) is 13.5. The molecule has 1 N–H and O–H groups in total. The summed E-state index contributed by atoms with van der Waals surface area (Å²) in [7, 11) is 0. The van der Waals surface area contributed by atoms with Crippen molar-refractivity contribution in [2.24, 2.45) is 20.5 Å². The highest BCUT2D eigenvalue weighted by molar-refractivity contribution is 5.84. The lowest BCUT2D eigenvalue weighted by molar-refractivity contribution is -0.593. The first-order valence-electron chi connectivity index (χ1n) is 7.56. The van der Waals surface area contributed by atoms with E-state index in [9.17, 15) is 0 Å². The van der Waals surface area contributed by atoms with Gasteiger partial charge in [0.2, 0.25) is 18.5 Å². The van der Waals surface area contributed by atoms with Crippen molar-refractivity contribution in [3.63, 3.8) is 0 Å². The first-order chi connectivity index (χ1) is 11.0. The van der Waals surface area contributed by atoms with Crippen molar-refractivity contribution in [2.75, 3.05) is 6.54 Å². The van der Waals surface area contributed by atoms with Crippen LogP contribution < -0.4 is 0 Å². The minimum atomic E-state index is -0.0415. The van der Waals surface area contributed by atoms with E-state index in [1.54, 1.807) is 12.3 Å². The van der Waals surface area contributed by atoms with Gasteiger partial charge in [-0.05, 0) is 17.3 Å². The van der Waals surface area contributed by atoms with E-state index in [4.69, 9.17) is 9.83 Å². The molecular formula is C17H20N5O+. The van der Waals surface area contributed by atoms with Crippen LogP contribution >= 0.6 is 0 Å². The molecule has 0 radical (unpaired) electrons. The van der Waals surface area contributed by atoms with Crippen molar-refractivity contribution in [3.8, 4) is 0 Å². The fraction of sp³-hybridized carbons (Fsp3) is 0.353. The lowest BCUT2D eigenvalue weighted by atomic mass is 9.95. The average Bonchev–Trinajstić information content (AvgIpc) is 3.12. The van der Waals surface area contributed by atoms with Crippen LogP contribution in [0.15, 0.2) is 55.4 Å².